The third-order valence-electron chi connectivity index (χ3n) is 2.82. The summed E-state index contributed by atoms with van der Waals surface area (Å²) in [7, 11) is 0. The number of Topliss-reactive ketones (excluding diaryl/α,β-unsaturated/α-hetero) is 1. The van der Waals surface area contributed by atoms with Gasteiger partial charge in [0.15, 0.2) is 0 Å². The van der Waals surface area contributed by atoms with Gasteiger partial charge < -0.3 is 0 Å². The molecule has 0 saturated carbocycles. The molecule has 0 fully saturated rings. The maximum atomic E-state index is 13.6. The van der Waals surface area contributed by atoms with Gasteiger partial charge in [0.05, 0.1) is 5.75 Å². The Morgan fingerprint density at radius 3 is 2.55 bits per heavy atom. The van der Waals surface area contributed by atoms with E-state index < -0.39 is 5.82 Å². The maximum Gasteiger partial charge on any atom is 0.147 e. The molecule has 0 N–H and O–H groups in total. The molecule has 0 aliphatic rings. The first-order valence-electron chi connectivity index (χ1n) is 6.19. The van der Waals surface area contributed by atoms with Crippen molar-refractivity contribution in [2.75, 3.05) is 5.75 Å². The standard InChI is InChI=1S/C16H14ClFOS/c1-11-2-6-15(7-3-11)20-10-14(19)8-12-4-5-13(17)9-16(12)18/h2-7,9H,8,10H2,1H3. The zero-order valence-electron chi connectivity index (χ0n) is 11.0. The minimum absolute atomic E-state index is 0.00297. The van der Waals surface area contributed by atoms with Crippen molar-refractivity contribution in [1.29, 1.82) is 0 Å². The molecule has 0 atom stereocenters. The van der Waals surface area contributed by atoms with Crippen LogP contribution in [0.25, 0.3) is 0 Å². The first-order valence-corrected chi connectivity index (χ1v) is 7.56. The number of carbonyl (C=O) groups is 1. The molecule has 0 aromatic heterocycles. The summed E-state index contributed by atoms with van der Waals surface area (Å²) in [6.45, 7) is 2.02. The second-order valence-corrected chi connectivity index (χ2v) is 6.04. The molecule has 0 aliphatic heterocycles. The molecule has 4 heteroatoms. The second kappa shape index (κ2) is 6.91. The summed E-state index contributed by atoms with van der Waals surface area (Å²) >= 11 is 7.15. The summed E-state index contributed by atoms with van der Waals surface area (Å²) in [5.41, 5.74) is 1.58. The molecule has 0 heterocycles. The highest BCUT2D eigenvalue weighted by Gasteiger charge is 2.09. The van der Waals surface area contributed by atoms with Gasteiger partial charge in [0.1, 0.15) is 11.6 Å². The van der Waals surface area contributed by atoms with E-state index in [0.29, 0.717) is 16.3 Å². The molecule has 0 spiro atoms. The van der Waals surface area contributed by atoms with Gasteiger partial charge in [-0.3, -0.25) is 4.79 Å². The number of carbonyl (C=O) groups excluding carboxylic acids is 1. The fourth-order valence-electron chi connectivity index (χ4n) is 1.73. The highest BCUT2D eigenvalue weighted by Crippen LogP contribution is 2.20. The van der Waals surface area contributed by atoms with E-state index >= 15 is 0 Å². The zero-order valence-corrected chi connectivity index (χ0v) is 12.6. The number of rotatable bonds is 5. The molecule has 2 aromatic rings. The summed E-state index contributed by atoms with van der Waals surface area (Å²) in [6, 6.07) is 12.4. The van der Waals surface area contributed by atoms with E-state index in [1.165, 1.54) is 23.4 Å². The van der Waals surface area contributed by atoms with Crippen LogP contribution in [0.3, 0.4) is 0 Å². The van der Waals surface area contributed by atoms with Crippen molar-refractivity contribution in [1.82, 2.24) is 0 Å². The molecule has 0 aliphatic carbocycles. The van der Waals surface area contributed by atoms with E-state index in [4.69, 9.17) is 11.6 Å². The van der Waals surface area contributed by atoms with Crippen molar-refractivity contribution in [3.05, 3.63) is 64.4 Å². The lowest BCUT2D eigenvalue weighted by Gasteiger charge is -2.04. The van der Waals surface area contributed by atoms with Crippen molar-refractivity contribution in [2.45, 2.75) is 18.2 Å². The van der Waals surface area contributed by atoms with Gasteiger partial charge in [-0.05, 0) is 36.8 Å². The molecule has 104 valence electrons. The molecule has 2 rings (SSSR count). The van der Waals surface area contributed by atoms with Gasteiger partial charge in [-0.15, -0.1) is 11.8 Å². The van der Waals surface area contributed by atoms with Gasteiger partial charge in [0, 0.05) is 16.3 Å². The SMILES string of the molecule is Cc1ccc(SCC(=O)Cc2ccc(Cl)cc2F)cc1. The number of hydrogen-bond donors (Lipinski definition) is 0. The minimum Gasteiger partial charge on any atom is -0.298 e. The number of thioether (sulfide) groups is 1. The quantitative estimate of drug-likeness (QED) is 0.745. The molecule has 0 saturated heterocycles. The third kappa shape index (κ3) is 4.36. The largest absolute Gasteiger partial charge is 0.298 e. The van der Waals surface area contributed by atoms with Gasteiger partial charge in [-0.2, -0.15) is 0 Å². The maximum absolute atomic E-state index is 13.6. The van der Waals surface area contributed by atoms with Crippen molar-refractivity contribution in [2.24, 2.45) is 0 Å². The second-order valence-electron chi connectivity index (χ2n) is 4.55. The van der Waals surface area contributed by atoms with E-state index in [1.807, 2.05) is 31.2 Å². The molecular weight excluding hydrogens is 295 g/mol. The number of benzene rings is 2. The van der Waals surface area contributed by atoms with E-state index in [9.17, 15) is 9.18 Å². The molecule has 2 aromatic carbocycles. The molecular formula is C16H14ClFOS. The van der Waals surface area contributed by atoms with Crippen LogP contribution in [0.15, 0.2) is 47.4 Å². The third-order valence-corrected chi connectivity index (χ3v) is 4.13. The Hall–Kier alpha value is -1.32. The van der Waals surface area contributed by atoms with Crippen LogP contribution in [0.2, 0.25) is 5.02 Å². The average Bonchev–Trinajstić information content (AvgIpc) is 2.41. The lowest BCUT2D eigenvalue weighted by atomic mass is 10.1. The number of hydrogen-bond acceptors (Lipinski definition) is 2. The lowest BCUT2D eigenvalue weighted by molar-refractivity contribution is -0.116. The van der Waals surface area contributed by atoms with Gasteiger partial charge in [0.25, 0.3) is 0 Å². The average molecular weight is 309 g/mol. The Morgan fingerprint density at radius 1 is 1.20 bits per heavy atom. The fourth-order valence-corrected chi connectivity index (χ4v) is 2.64. The van der Waals surface area contributed by atoms with E-state index in [-0.39, 0.29) is 12.2 Å². The van der Waals surface area contributed by atoms with Gasteiger partial charge >= 0.3 is 0 Å². The van der Waals surface area contributed by atoms with Crippen LogP contribution in [0.5, 0.6) is 0 Å². The Balaban J connectivity index is 1.90. The van der Waals surface area contributed by atoms with Crippen LogP contribution >= 0.6 is 23.4 Å². The smallest absolute Gasteiger partial charge is 0.147 e. The normalized spacial score (nSPS) is 10.6. The summed E-state index contributed by atoms with van der Waals surface area (Å²) < 4.78 is 13.6. The molecule has 0 unspecified atom stereocenters. The van der Waals surface area contributed by atoms with Crippen molar-refractivity contribution < 1.29 is 9.18 Å². The lowest BCUT2D eigenvalue weighted by Crippen LogP contribution is -2.07. The summed E-state index contributed by atoms with van der Waals surface area (Å²) in [5, 5.41) is 0.340. The van der Waals surface area contributed by atoms with Crippen LogP contribution < -0.4 is 0 Å². The Morgan fingerprint density at radius 2 is 1.90 bits per heavy atom. The van der Waals surface area contributed by atoms with Crippen LogP contribution in [0.4, 0.5) is 4.39 Å². The van der Waals surface area contributed by atoms with Crippen LogP contribution in [-0.2, 0) is 11.2 Å². The summed E-state index contributed by atoms with van der Waals surface area (Å²) in [6.07, 6.45) is 0.0991. The number of aryl methyl sites for hydroxylation is 1. The Kier molecular flexibility index (Phi) is 5.21. The first-order chi connectivity index (χ1) is 9.54. The first kappa shape index (κ1) is 15.1. The molecule has 1 nitrogen and oxygen atoms in total. The van der Waals surface area contributed by atoms with Gasteiger partial charge in [0.2, 0.25) is 0 Å². The highest BCUT2D eigenvalue weighted by atomic mass is 35.5. The molecule has 0 amide bonds. The van der Waals surface area contributed by atoms with Crippen LogP contribution in [-0.4, -0.2) is 11.5 Å². The van der Waals surface area contributed by atoms with E-state index in [0.717, 1.165) is 4.90 Å². The molecule has 20 heavy (non-hydrogen) atoms. The molecule has 0 bridgehead atoms. The Labute approximate surface area is 127 Å². The van der Waals surface area contributed by atoms with Crippen LogP contribution in [0.1, 0.15) is 11.1 Å². The van der Waals surface area contributed by atoms with E-state index in [2.05, 4.69) is 0 Å². The molecule has 0 radical (unpaired) electrons. The minimum atomic E-state index is -0.425. The monoisotopic (exact) mass is 308 g/mol. The summed E-state index contributed by atoms with van der Waals surface area (Å²) in [4.78, 5) is 12.9. The van der Waals surface area contributed by atoms with Gasteiger partial charge in [-0.25, -0.2) is 4.39 Å². The van der Waals surface area contributed by atoms with Crippen molar-refractivity contribution in [3.8, 4) is 0 Å². The number of halogens is 2. The number of ketones is 1. The van der Waals surface area contributed by atoms with Crippen molar-refractivity contribution in [3.63, 3.8) is 0 Å². The van der Waals surface area contributed by atoms with Crippen LogP contribution in [0, 0.1) is 12.7 Å². The summed E-state index contributed by atoms with van der Waals surface area (Å²) in [5.74, 6) is -0.0894. The predicted molar refractivity (Wildman–Crippen MR) is 82.0 cm³/mol. The Bertz CT molecular complexity index is 610. The van der Waals surface area contributed by atoms with Crippen molar-refractivity contribution >= 4 is 29.1 Å². The van der Waals surface area contributed by atoms with Gasteiger partial charge in [-0.1, -0.05) is 35.4 Å². The van der Waals surface area contributed by atoms with E-state index in [1.54, 1.807) is 12.1 Å². The zero-order chi connectivity index (χ0) is 14.5. The fraction of sp³-hybridized carbons (Fsp3) is 0.188. The highest BCUT2D eigenvalue weighted by molar-refractivity contribution is 8.00. The topological polar surface area (TPSA) is 17.1 Å². The predicted octanol–water partition coefficient (Wildman–Crippen LogP) is 4.69.